The van der Waals surface area contributed by atoms with Crippen molar-refractivity contribution in [1.82, 2.24) is 9.78 Å². The first-order valence-electron chi connectivity index (χ1n) is 8.90. The van der Waals surface area contributed by atoms with Crippen LogP contribution in [0.2, 0.25) is 0 Å². The van der Waals surface area contributed by atoms with Gasteiger partial charge in [0.2, 0.25) is 0 Å². The van der Waals surface area contributed by atoms with Gasteiger partial charge in [-0.05, 0) is 60.2 Å². The molecule has 1 heterocycles. The van der Waals surface area contributed by atoms with E-state index in [0.717, 1.165) is 6.42 Å². The van der Waals surface area contributed by atoms with Gasteiger partial charge in [0.1, 0.15) is 5.82 Å². The molecule has 1 aliphatic rings. The number of carbonyl (C=O) groups is 1. The molecule has 1 aromatic heterocycles. The SMILES string of the molecule is CCCOc1c(Br)cc(C(=O)Nc2ccnn2C(C)C2CC2)cc1OC. The third-order valence-corrected chi connectivity index (χ3v) is 5.13. The van der Waals surface area contributed by atoms with Crippen molar-refractivity contribution in [1.29, 1.82) is 0 Å². The van der Waals surface area contributed by atoms with Gasteiger partial charge in [0.25, 0.3) is 5.91 Å². The average Bonchev–Trinajstić information content (AvgIpc) is 3.39. The molecule has 1 saturated carbocycles. The van der Waals surface area contributed by atoms with Crippen LogP contribution in [0, 0.1) is 5.92 Å². The summed E-state index contributed by atoms with van der Waals surface area (Å²) in [6, 6.07) is 5.54. The topological polar surface area (TPSA) is 65.4 Å². The summed E-state index contributed by atoms with van der Waals surface area (Å²) in [5.74, 6) is 2.28. The Bertz CT molecular complexity index is 786. The summed E-state index contributed by atoms with van der Waals surface area (Å²) < 4.78 is 13.7. The van der Waals surface area contributed by atoms with Crippen molar-refractivity contribution in [3.8, 4) is 11.5 Å². The molecule has 6 nitrogen and oxygen atoms in total. The molecule has 2 aromatic rings. The molecule has 1 unspecified atom stereocenters. The van der Waals surface area contributed by atoms with E-state index in [1.807, 2.05) is 17.7 Å². The zero-order valence-corrected chi connectivity index (χ0v) is 16.9. The van der Waals surface area contributed by atoms with Crippen molar-refractivity contribution < 1.29 is 14.3 Å². The molecule has 7 heteroatoms. The summed E-state index contributed by atoms with van der Waals surface area (Å²) in [6.45, 7) is 4.76. The fraction of sp³-hybridized carbons (Fsp3) is 0.474. The molecule has 26 heavy (non-hydrogen) atoms. The van der Waals surface area contributed by atoms with Gasteiger partial charge in [-0.2, -0.15) is 5.10 Å². The molecular weight excluding hydrogens is 398 g/mol. The van der Waals surface area contributed by atoms with E-state index in [1.54, 1.807) is 25.4 Å². The molecule has 1 N–H and O–H groups in total. The lowest BCUT2D eigenvalue weighted by Crippen LogP contribution is -2.18. The van der Waals surface area contributed by atoms with E-state index >= 15 is 0 Å². The maximum absolute atomic E-state index is 12.7. The Balaban J connectivity index is 1.80. The second kappa shape index (κ2) is 8.12. The predicted octanol–water partition coefficient (Wildman–Crippen LogP) is 4.67. The molecule has 1 aliphatic carbocycles. The molecule has 1 amide bonds. The third-order valence-electron chi connectivity index (χ3n) is 4.54. The normalized spacial score (nSPS) is 14.8. The van der Waals surface area contributed by atoms with Crippen molar-refractivity contribution in [2.24, 2.45) is 5.92 Å². The quantitative estimate of drug-likeness (QED) is 0.672. The molecule has 0 bridgehead atoms. The summed E-state index contributed by atoms with van der Waals surface area (Å²) in [5.41, 5.74) is 0.490. The summed E-state index contributed by atoms with van der Waals surface area (Å²) in [7, 11) is 1.56. The van der Waals surface area contributed by atoms with Gasteiger partial charge in [-0.3, -0.25) is 4.79 Å². The molecule has 0 spiro atoms. The number of amides is 1. The fourth-order valence-corrected chi connectivity index (χ4v) is 3.46. The van der Waals surface area contributed by atoms with Crippen LogP contribution in [0.4, 0.5) is 5.82 Å². The highest BCUT2D eigenvalue weighted by Crippen LogP contribution is 2.40. The molecule has 0 aliphatic heterocycles. The summed E-state index contributed by atoms with van der Waals surface area (Å²) in [6.07, 6.45) is 5.04. The van der Waals surface area contributed by atoms with Crippen molar-refractivity contribution in [3.05, 3.63) is 34.4 Å². The van der Waals surface area contributed by atoms with E-state index in [4.69, 9.17) is 9.47 Å². The Kier molecular flexibility index (Phi) is 5.86. The van der Waals surface area contributed by atoms with Gasteiger partial charge < -0.3 is 14.8 Å². The van der Waals surface area contributed by atoms with Crippen molar-refractivity contribution in [2.45, 2.75) is 39.2 Å². The zero-order chi connectivity index (χ0) is 18.7. The molecule has 140 valence electrons. The lowest BCUT2D eigenvalue weighted by atomic mass is 10.2. The fourth-order valence-electron chi connectivity index (χ4n) is 2.90. The maximum atomic E-state index is 12.7. The third kappa shape index (κ3) is 4.03. The van der Waals surface area contributed by atoms with Crippen molar-refractivity contribution in [2.75, 3.05) is 19.0 Å². The van der Waals surface area contributed by atoms with E-state index in [0.29, 0.717) is 39.9 Å². The van der Waals surface area contributed by atoms with Gasteiger partial charge in [0.05, 0.1) is 30.4 Å². The van der Waals surface area contributed by atoms with E-state index in [1.165, 1.54) is 12.8 Å². The number of nitrogens with zero attached hydrogens (tertiary/aromatic N) is 2. The number of hydrogen-bond acceptors (Lipinski definition) is 4. The lowest BCUT2D eigenvalue weighted by Gasteiger charge is -2.16. The number of nitrogens with one attached hydrogen (secondary N) is 1. The van der Waals surface area contributed by atoms with Crippen LogP contribution in [0.25, 0.3) is 0 Å². The van der Waals surface area contributed by atoms with E-state index < -0.39 is 0 Å². The van der Waals surface area contributed by atoms with Crippen LogP contribution in [0.3, 0.4) is 0 Å². The first-order valence-corrected chi connectivity index (χ1v) is 9.69. The summed E-state index contributed by atoms with van der Waals surface area (Å²) in [4.78, 5) is 12.7. The van der Waals surface area contributed by atoms with Gasteiger partial charge >= 0.3 is 0 Å². The Morgan fingerprint density at radius 2 is 2.23 bits per heavy atom. The number of aromatic nitrogens is 2. The molecule has 1 aromatic carbocycles. The Morgan fingerprint density at radius 1 is 1.46 bits per heavy atom. The van der Waals surface area contributed by atoms with E-state index in [-0.39, 0.29) is 11.9 Å². The van der Waals surface area contributed by atoms with Crippen LogP contribution in [-0.2, 0) is 0 Å². The van der Waals surface area contributed by atoms with Crippen LogP contribution >= 0.6 is 15.9 Å². The minimum atomic E-state index is -0.212. The van der Waals surface area contributed by atoms with Crippen molar-refractivity contribution in [3.63, 3.8) is 0 Å². The number of halogens is 1. The van der Waals surface area contributed by atoms with Crippen LogP contribution in [-0.4, -0.2) is 29.4 Å². The highest BCUT2D eigenvalue weighted by molar-refractivity contribution is 9.10. The van der Waals surface area contributed by atoms with Crippen molar-refractivity contribution >= 4 is 27.7 Å². The van der Waals surface area contributed by atoms with Gasteiger partial charge in [-0.15, -0.1) is 0 Å². The van der Waals surface area contributed by atoms with Crippen LogP contribution in [0.1, 0.15) is 49.5 Å². The number of anilines is 1. The number of carbonyl (C=O) groups excluding carboxylic acids is 1. The maximum Gasteiger partial charge on any atom is 0.256 e. The monoisotopic (exact) mass is 421 g/mol. The first-order chi connectivity index (χ1) is 12.5. The Labute approximate surface area is 162 Å². The lowest BCUT2D eigenvalue weighted by molar-refractivity contribution is 0.102. The number of hydrogen-bond donors (Lipinski definition) is 1. The number of benzene rings is 1. The van der Waals surface area contributed by atoms with E-state index in [2.05, 4.69) is 33.3 Å². The van der Waals surface area contributed by atoms with Crippen LogP contribution < -0.4 is 14.8 Å². The minimum absolute atomic E-state index is 0.212. The van der Waals surface area contributed by atoms with Crippen LogP contribution in [0.5, 0.6) is 11.5 Å². The smallest absolute Gasteiger partial charge is 0.256 e. The number of methoxy groups -OCH3 is 1. The van der Waals surface area contributed by atoms with Gasteiger partial charge in [-0.25, -0.2) is 4.68 Å². The summed E-state index contributed by atoms with van der Waals surface area (Å²) >= 11 is 3.48. The minimum Gasteiger partial charge on any atom is -0.493 e. The highest BCUT2D eigenvalue weighted by Gasteiger charge is 2.31. The Morgan fingerprint density at radius 3 is 2.88 bits per heavy atom. The average molecular weight is 422 g/mol. The molecular formula is C19H24BrN3O3. The number of rotatable bonds is 8. The van der Waals surface area contributed by atoms with Gasteiger partial charge in [0, 0.05) is 11.6 Å². The molecule has 0 radical (unpaired) electrons. The largest absolute Gasteiger partial charge is 0.493 e. The second-order valence-corrected chi connectivity index (χ2v) is 7.39. The summed E-state index contributed by atoms with van der Waals surface area (Å²) in [5, 5.41) is 7.33. The molecule has 0 saturated heterocycles. The van der Waals surface area contributed by atoms with Crippen LogP contribution in [0.15, 0.2) is 28.9 Å². The van der Waals surface area contributed by atoms with Gasteiger partial charge in [-0.1, -0.05) is 6.92 Å². The predicted molar refractivity (Wildman–Crippen MR) is 104 cm³/mol. The standard InChI is InChI=1S/C19H24BrN3O3/c1-4-9-26-18-15(20)10-14(11-16(18)25-3)19(24)22-17-7-8-21-23(17)12(2)13-5-6-13/h7-8,10-13H,4-6,9H2,1-3H3,(H,22,24). The highest BCUT2D eigenvalue weighted by atomic mass is 79.9. The molecule has 1 atom stereocenters. The van der Waals surface area contributed by atoms with Gasteiger partial charge in [0.15, 0.2) is 11.5 Å². The zero-order valence-electron chi connectivity index (χ0n) is 15.3. The molecule has 3 rings (SSSR count). The molecule has 1 fully saturated rings. The van der Waals surface area contributed by atoms with E-state index in [9.17, 15) is 4.79 Å². The second-order valence-electron chi connectivity index (χ2n) is 6.53. The Hall–Kier alpha value is -2.02. The first kappa shape index (κ1) is 18.8. The number of ether oxygens (including phenoxy) is 2.